The van der Waals surface area contributed by atoms with Crippen LogP contribution in [-0.2, 0) is 0 Å². The Morgan fingerprint density at radius 1 is 1.16 bits per heavy atom. The van der Waals surface area contributed by atoms with Crippen molar-refractivity contribution in [3.05, 3.63) is 47.7 Å². The molecule has 3 atom stereocenters. The number of pyridine rings is 1. The maximum Gasteiger partial charge on any atom is 0.319 e. The van der Waals surface area contributed by atoms with Gasteiger partial charge in [0.15, 0.2) is 5.82 Å². The number of ether oxygens (including phenoxy) is 1. The maximum absolute atomic E-state index is 16.7. The molecule has 7 rings (SSSR count). The van der Waals surface area contributed by atoms with Crippen molar-refractivity contribution >= 4 is 27.5 Å². The van der Waals surface area contributed by atoms with E-state index in [1.165, 1.54) is 30.5 Å². The third-order valence-corrected chi connectivity index (χ3v) is 9.23. The number of rotatable bonds is 5. The first-order valence-electron chi connectivity index (χ1n) is 14.7. The number of hydrogen-bond acceptors (Lipinski definition) is 8. The van der Waals surface area contributed by atoms with Crippen molar-refractivity contribution < 1.29 is 23.0 Å². The number of fused-ring (bicyclic) bond motifs is 3. The van der Waals surface area contributed by atoms with E-state index < -0.39 is 23.3 Å². The summed E-state index contributed by atoms with van der Waals surface area (Å²) >= 11 is 0. The second-order valence-electron chi connectivity index (χ2n) is 11.9. The van der Waals surface area contributed by atoms with E-state index >= 15 is 4.39 Å². The van der Waals surface area contributed by atoms with E-state index in [4.69, 9.17) is 11.2 Å². The second kappa shape index (κ2) is 10.8. The van der Waals surface area contributed by atoms with E-state index in [0.717, 1.165) is 32.2 Å². The van der Waals surface area contributed by atoms with Crippen LogP contribution in [0.1, 0.15) is 37.7 Å². The molecule has 1 N–H and O–H groups in total. The minimum atomic E-state index is -0.941. The predicted octanol–water partition coefficient (Wildman–Crippen LogP) is 5.51. The number of aromatic nitrogens is 3. The highest BCUT2D eigenvalue weighted by atomic mass is 19.1. The van der Waals surface area contributed by atoms with E-state index in [2.05, 4.69) is 31.8 Å². The van der Waals surface area contributed by atoms with Gasteiger partial charge < -0.3 is 14.7 Å². The van der Waals surface area contributed by atoms with E-state index in [0.29, 0.717) is 42.6 Å². The summed E-state index contributed by atoms with van der Waals surface area (Å²) in [4.78, 5) is 17.6. The van der Waals surface area contributed by atoms with Crippen LogP contribution in [0.5, 0.6) is 11.8 Å². The molecule has 0 bridgehead atoms. The fourth-order valence-electron chi connectivity index (χ4n) is 7.19. The zero-order chi connectivity index (χ0) is 30.6. The number of alkyl halides is 1. The number of terminal acetylenes is 1. The van der Waals surface area contributed by atoms with E-state index in [-0.39, 0.29) is 52.0 Å². The number of nitriles is 1. The van der Waals surface area contributed by atoms with Gasteiger partial charge in [-0.15, -0.1) is 6.42 Å². The van der Waals surface area contributed by atoms with Crippen LogP contribution in [0.25, 0.3) is 32.9 Å². The highest BCUT2D eigenvalue weighted by molar-refractivity contribution is 6.03. The van der Waals surface area contributed by atoms with Crippen LogP contribution in [0, 0.1) is 41.2 Å². The standard InChI is InChI=1S/C33H29F3N6O2/c1-2-23-26(35)7-6-20-11-22(43)12-24(27(20)23)29-28(36)30-25(15-38-29)31(41-9-3-5-19(14-37)16-41)40-32(39-30)44-18-33-8-4-10-42(33)17-21(34)13-33/h1,6-7,11-12,15,19,21,43H,3-5,8-10,13,16-18H2/t19?,21-,33+/m1/s1. The number of halogens is 3. The fourth-order valence-corrected chi connectivity index (χ4v) is 7.19. The molecule has 2 aromatic carbocycles. The van der Waals surface area contributed by atoms with Crippen molar-refractivity contribution in [1.82, 2.24) is 19.9 Å². The Bertz CT molecular complexity index is 1890. The average Bonchev–Trinajstić information content (AvgIpc) is 3.55. The van der Waals surface area contributed by atoms with E-state index in [1.54, 1.807) is 0 Å². The van der Waals surface area contributed by atoms with Gasteiger partial charge in [-0.2, -0.15) is 15.2 Å². The lowest BCUT2D eigenvalue weighted by molar-refractivity contribution is 0.107. The zero-order valence-corrected chi connectivity index (χ0v) is 23.9. The molecule has 1 unspecified atom stereocenters. The molecule has 3 aliphatic rings. The van der Waals surface area contributed by atoms with Crippen molar-refractivity contribution in [2.24, 2.45) is 5.92 Å². The minimum absolute atomic E-state index is 0.0673. The first-order valence-corrected chi connectivity index (χ1v) is 14.7. The van der Waals surface area contributed by atoms with Gasteiger partial charge in [-0.05, 0) is 55.8 Å². The maximum atomic E-state index is 16.7. The fraction of sp³-hybridized carbons (Fsp3) is 0.394. The van der Waals surface area contributed by atoms with E-state index in [1.807, 2.05) is 4.90 Å². The molecule has 5 heterocycles. The van der Waals surface area contributed by atoms with Crippen LogP contribution in [0.4, 0.5) is 19.0 Å². The molecule has 3 fully saturated rings. The highest BCUT2D eigenvalue weighted by Gasteiger charge is 2.49. The summed E-state index contributed by atoms with van der Waals surface area (Å²) in [5.74, 6) is 0.847. The normalized spacial score (nSPS) is 23.5. The molecule has 0 spiro atoms. The molecule has 11 heteroatoms. The molecule has 0 radical (unpaired) electrons. The van der Waals surface area contributed by atoms with Crippen LogP contribution >= 0.6 is 0 Å². The van der Waals surface area contributed by atoms with Gasteiger partial charge >= 0.3 is 6.01 Å². The molecular formula is C33H29F3N6O2. The van der Waals surface area contributed by atoms with Gasteiger partial charge in [-0.25, -0.2) is 13.2 Å². The lowest BCUT2D eigenvalue weighted by Gasteiger charge is -2.32. The number of anilines is 1. The van der Waals surface area contributed by atoms with Gasteiger partial charge in [0.25, 0.3) is 0 Å². The second-order valence-corrected chi connectivity index (χ2v) is 11.9. The number of piperidine rings is 1. The summed E-state index contributed by atoms with van der Waals surface area (Å²) in [5, 5.41) is 21.1. The molecule has 44 heavy (non-hydrogen) atoms. The van der Waals surface area contributed by atoms with Crippen LogP contribution < -0.4 is 9.64 Å². The molecule has 8 nitrogen and oxygen atoms in total. The Kier molecular flexibility index (Phi) is 6.94. The summed E-state index contributed by atoms with van der Waals surface area (Å²) in [7, 11) is 0. The number of phenols is 1. The third-order valence-electron chi connectivity index (χ3n) is 9.23. The Balaban J connectivity index is 1.38. The van der Waals surface area contributed by atoms with Gasteiger partial charge in [-0.3, -0.25) is 9.88 Å². The van der Waals surface area contributed by atoms with Crippen molar-refractivity contribution in [2.45, 2.75) is 43.8 Å². The molecule has 0 amide bonds. The van der Waals surface area contributed by atoms with Crippen LogP contribution in [0.2, 0.25) is 0 Å². The highest BCUT2D eigenvalue weighted by Crippen LogP contribution is 2.42. The first-order chi connectivity index (χ1) is 21.3. The lowest BCUT2D eigenvalue weighted by Crippen LogP contribution is -2.43. The predicted molar refractivity (Wildman–Crippen MR) is 159 cm³/mol. The molecule has 224 valence electrons. The van der Waals surface area contributed by atoms with Gasteiger partial charge in [0.2, 0.25) is 0 Å². The van der Waals surface area contributed by atoms with Crippen LogP contribution in [-0.4, -0.2) is 69.5 Å². The summed E-state index contributed by atoms with van der Waals surface area (Å²) < 4.78 is 52.0. The Morgan fingerprint density at radius 3 is 2.84 bits per heavy atom. The average molecular weight is 599 g/mol. The van der Waals surface area contributed by atoms with Crippen molar-refractivity contribution in [1.29, 1.82) is 5.26 Å². The smallest absolute Gasteiger partial charge is 0.319 e. The van der Waals surface area contributed by atoms with E-state index in [9.17, 15) is 19.1 Å². The molecule has 0 aliphatic carbocycles. The third kappa shape index (κ3) is 4.63. The summed E-state index contributed by atoms with van der Waals surface area (Å²) in [6, 6.07) is 7.62. The Hall–Kier alpha value is -4.61. The number of aromatic hydroxyl groups is 1. The zero-order valence-electron chi connectivity index (χ0n) is 23.9. The van der Waals surface area contributed by atoms with Crippen LogP contribution in [0.3, 0.4) is 0 Å². The topological polar surface area (TPSA) is 98.4 Å². The Morgan fingerprint density at radius 2 is 2.02 bits per heavy atom. The van der Waals surface area contributed by atoms with Crippen LogP contribution in [0.15, 0.2) is 30.5 Å². The largest absolute Gasteiger partial charge is 0.508 e. The molecule has 0 saturated carbocycles. The SMILES string of the molecule is C#Cc1c(F)ccc2cc(O)cc(-c3ncc4c(N5CCCC(C#N)C5)nc(OC[C@@]56CCCN5C[C@H](F)C6)nc4c3F)c12. The van der Waals surface area contributed by atoms with Crippen molar-refractivity contribution in [3.8, 4) is 41.4 Å². The summed E-state index contributed by atoms with van der Waals surface area (Å²) in [6.07, 6.45) is 9.71. The van der Waals surface area contributed by atoms with Gasteiger partial charge in [0.05, 0.1) is 28.5 Å². The number of nitrogens with zero attached hydrogens (tertiary/aromatic N) is 6. The molecule has 3 saturated heterocycles. The number of benzene rings is 2. The monoisotopic (exact) mass is 598 g/mol. The van der Waals surface area contributed by atoms with Gasteiger partial charge in [0, 0.05) is 43.2 Å². The molecule has 4 aromatic rings. The molecule has 3 aliphatic heterocycles. The number of hydrogen-bond donors (Lipinski definition) is 1. The number of phenolic OH excluding ortho intramolecular Hbond substituents is 1. The lowest BCUT2D eigenvalue weighted by atomic mass is 9.95. The minimum Gasteiger partial charge on any atom is -0.508 e. The summed E-state index contributed by atoms with van der Waals surface area (Å²) in [6.45, 7) is 2.29. The van der Waals surface area contributed by atoms with Gasteiger partial charge in [0.1, 0.15) is 41.4 Å². The quantitative estimate of drug-likeness (QED) is 0.301. The Labute approximate surface area is 252 Å². The molecular weight excluding hydrogens is 569 g/mol. The molecule has 2 aromatic heterocycles. The van der Waals surface area contributed by atoms with Crippen molar-refractivity contribution in [2.75, 3.05) is 37.7 Å². The summed E-state index contributed by atoms with van der Waals surface area (Å²) in [5.41, 5.74) is -0.698. The van der Waals surface area contributed by atoms with Crippen molar-refractivity contribution in [3.63, 3.8) is 0 Å². The first kappa shape index (κ1) is 28.2. The van der Waals surface area contributed by atoms with Gasteiger partial charge in [-0.1, -0.05) is 12.0 Å².